The summed E-state index contributed by atoms with van der Waals surface area (Å²) in [4.78, 5) is 52.5. The summed E-state index contributed by atoms with van der Waals surface area (Å²) in [5, 5.41) is 6.46. The highest BCUT2D eigenvalue weighted by molar-refractivity contribution is 6.63. The fraction of sp³-hybridized carbons (Fsp3) is 0.560. The number of nitrogens with zero attached hydrogens (tertiary/aromatic N) is 6. The van der Waals surface area contributed by atoms with Crippen LogP contribution in [0.15, 0.2) is 115 Å². The van der Waals surface area contributed by atoms with E-state index in [2.05, 4.69) is 95.4 Å². The van der Waals surface area contributed by atoms with Crippen molar-refractivity contribution in [1.29, 1.82) is 0 Å². The largest absolute Gasteiger partial charge is 0.378 e. The van der Waals surface area contributed by atoms with Gasteiger partial charge in [0.1, 0.15) is 5.78 Å². The van der Waals surface area contributed by atoms with E-state index in [1.165, 1.54) is 82.1 Å². The number of amides is 1. The first kappa shape index (κ1) is 75.8. The first-order valence-electron chi connectivity index (χ1n) is 33.8. The van der Waals surface area contributed by atoms with Gasteiger partial charge in [-0.2, -0.15) is 0 Å². The molecule has 9 heterocycles. The van der Waals surface area contributed by atoms with E-state index in [9.17, 15) is 14.4 Å². The maximum atomic E-state index is 13.7. The molecule has 9 fully saturated rings. The SMILES string of the molecule is C.C.O=C(Cc1cc(Cl)cc(Cl)c1)C1CCN(Cc2ccccc2)[C@@H]2COC[C@H](N3CCCC3)[C@@H]12.O=C(Cc1cc(Cl)cc(Cl)c1)N1CCN[C@@H]2COC[C@H](N3CCCC3)[C@H]21.O=C(Cl)Cc1cc(Cl)cc(Cl)c1.c1ccc(CN2CCC[C@H]3[C@H]2COC[C@@H]3N2CCCC2)cc1. The minimum Gasteiger partial charge on any atom is -0.378 e. The lowest BCUT2D eigenvalue weighted by Crippen LogP contribution is -2.70. The van der Waals surface area contributed by atoms with E-state index < -0.39 is 5.24 Å². The first-order chi connectivity index (χ1) is 45.2. The molecule has 0 radical (unpaired) electrons. The topological polar surface area (TPSA) is 110 Å². The van der Waals surface area contributed by atoms with Gasteiger partial charge in [0.2, 0.25) is 11.1 Å². The molecule has 10 atom stereocenters. The number of carbonyl (C=O) groups is 3. The number of Topliss-reactive ketones (excluding diaryl/α,β-unsaturated/α-hetero) is 1. The number of carbonyl (C=O) groups excluding carboxylic acids is 3. The molecule has 0 aliphatic carbocycles. The summed E-state index contributed by atoms with van der Waals surface area (Å²) < 4.78 is 18.1. The highest BCUT2D eigenvalue weighted by Gasteiger charge is 2.50. The van der Waals surface area contributed by atoms with Crippen molar-refractivity contribution in [3.63, 3.8) is 0 Å². The van der Waals surface area contributed by atoms with Gasteiger partial charge in [0, 0.05) is 105 Å². The number of nitrogens with one attached hydrogen (secondary N) is 1. The molecule has 1 unspecified atom stereocenters. The first-order valence-corrected chi connectivity index (χ1v) is 36.4. The summed E-state index contributed by atoms with van der Waals surface area (Å²) in [5.41, 5.74) is 5.26. The van der Waals surface area contributed by atoms with E-state index in [4.69, 9.17) is 95.4 Å². The predicted octanol–water partition coefficient (Wildman–Crippen LogP) is 14.6. The van der Waals surface area contributed by atoms with Crippen molar-refractivity contribution in [3.05, 3.63) is 173 Å². The smallest absolute Gasteiger partial charge is 0.227 e. The molecule has 0 spiro atoms. The summed E-state index contributed by atoms with van der Waals surface area (Å²) in [6, 6.07) is 39.8. The quantitative estimate of drug-likeness (QED) is 0.107. The van der Waals surface area contributed by atoms with Gasteiger partial charge in [0.15, 0.2) is 0 Å². The average Bonchev–Trinajstić information content (AvgIpc) is 1.62. The standard InChI is InChI=1S/C27H32Cl2N2O2.C19H25Cl2N3O2.C19H28N2O.C8H5Cl3O.2CH4/c28-21-12-20(13-22(29)15-21)14-26(32)23-8-11-31(16-19-6-2-1-3-7-19)25-18-33-17-24(27(23)25)30-9-4-5-10-30;20-14-7-13(8-15(21)10-14)9-18(25)24-6-3-22-16-11-26-12-17(19(16)24)23-4-1-2-5-23;1-2-7-16(8-3-1)13-21-12-6-9-17-18(14-22-15-19(17)21)20-10-4-5-11-20;9-6-1-5(3-8(11)12)2-7(10)4-6;;/h1-3,6-7,12-13,15,23-25,27H,4-5,8-11,14,16-18H2;7-8,10,16-17,19,22H,1-6,9,11-12H2;1-3,7-8,17-19H,4-6,9-15H2;1-2,4H,3H2;2*1H4/t23?,24-,25+,27+;16-,17+,19+;17-,18+,19-;;;/m011.../s1. The van der Waals surface area contributed by atoms with E-state index in [0.717, 1.165) is 108 Å². The van der Waals surface area contributed by atoms with E-state index in [0.29, 0.717) is 86.7 Å². The maximum Gasteiger partial charge on any atom is 0.227 e. The van der Waals surface area contributed by atoms with Crippen LogP contribution >= 0.6 is 81.2 Å². The van der Waals surface area contributed by atoms with E-state index in [1.807, 2.05) is 24.3 Å². The number of hydrogen-bond donors (Lipinski definition) is 1. The Balaban J connectivity index is 0.000000155. The van der Waals surface area contributed by atoms with Gasteiger partial charge >= 0.3 is 0 Å². The van der Waals surface area contributed by atoms with Crippen molar-refractivity contribution in [3.8, 4) is 0 Å². The number of halogens is 7. The number of piperazine rings is 1. The number of rotatable bonds is 14. The zero-order valence-electron chi connectivity index (χ0n) is 53.2. The molecule has 9 saturated heterocycles. The lowest BCUT2D eigenvalue weighted by molar-refractivity contribution is -0.143. The van der Waals surface area contributed by atoms with Gasteiger partial charge < -0.3 is 24.4 Å². The molecule has 5 aromatic carbocycles. The molecule has 1 amide bonds. The normalized spacial score (nSPS) is 27.1. The third kappa shape index (κ3) is 20.9. The van der Waals surface area contributed by atoms with Crippen LogP contribution in [0.25, 0.3) is 0 Å². The molecule has 9 aliphatic rings. The molecule has 518 valence electrons. The Hall–Kier alpha value is -3.42. The summed E-state index contributed by atoms with van der Waals surface area (Å²) in [7, 11) is 0. The number of ketones is 1. The second-order valence-corrected chi connectivity index (χ2v) is 29.7. The number of likely N-dealkylation sites (tertiary alicyclic amines) is 5. The number of piperidine rings is 2. The van der Waals surface area contributed by atoms with Crippen molar-refractivity contribution in [2.24, 2.45) is 17.8 Å². The monoisotopic (exact) mass is 1440 g/mol. The Morgan fingerprint density at radius 3 is 1.39 bits per heavy atom. The number of ether oxygens (including phenoxy) is 3. The van der Waals surface area contributed by atoms with Gasteiger partial charge in [-0.25, -0.2) is 0 Å². The Kier molecular flexibility index (Phi) is 29.8. The van der Waals surface area contributed by atoms with Crippen LogP contribution in [0, 0.1) is 17.8 Å². The second-order valence-electron chi connectivity index (χ2n) is 26.7. The molecule has 13 nitrogen and oxygen atoms in total. The number of benzene rings is 5. The zero-order valence-corrected chi connectivity index (χ0v) is 58.5. The molecule has 95 heavy (non-hydrogen) atoms. The second kappa shape index (κ2) is 37.3. The summed E-state index contributed by atoms with van der Waals surface area (Å²) in [5.74, 6) is 1.59. The molecule has 0 saturated carbocycles. The molecule has 14 rings (SSSR count). The van der Waals surface area contributed by atoms with Gasteiger partial charge in [-0.3, -0.25) is 38.9 Å². The molecular weight excluding hydrogens is 1340 g/mol. The molecule has 1 N–H and O–H groups in total. The molecule has 0 aromatic heterocycles. The molecule has 5 aromatic rings. The Morgan fingerprint density at radius 2 is 0.863 bits per heavy atom. The van der Waals surface area contributed by atoms with E-state index in [-0.39, 0.29) is 63.2 Å². The van der Waals surface area contributed by atoms with Crippen LogP contribution in [-0.2, 0) is 60.9 Å². The Labute approximate surface area is 600 Å². The zero-order chi connectivity index (χ0) is 64.8. The van der Waals surface area contributed by atoms with Gasteiger partial charge in [-0.15, -0.1) is 0 Å². The highest BCUT2D eigenvalue weighted by Crippen LogP contribution is 2.41. The summed E-state index contributed by atoms with van der Waals surface area (Å²) in [6.45, 7) is 17.4. The molecule has 20 heteroatoms. The summed E-state index contributed by atoms with van der Waals surface area (Å²) >= 11 is 41.2. The van der Waals surface area contributed by atoms with Crippen molar-refractivity contribution < 1.29 is 28.6 Å². The minimum absolute atomic E-state index is 0. The molecular formula is C75H98Cl7N7O6. The lowest BCUT2D eigenvalue weighted by Gasteiger charge is -2.52. The number of fused-ring (bicyclic) bond motifs is 3. The van der Waals surface area contributed by atoms with Gasteiger partial charge in [0.05, 0.1) is 64.2 Å². The molecule has 0 bridgehead atoms. The fourth-order valence-corrected chi connectivity index (χ4v) is 18.2. The average molecular weight is 1440 g/mol. The third-order valence-electron chi connectivity index (χ3n) is 20.5. The van der Waals surface area contributed by atoms with Crippen LogP contribution in [0.4, 0.5) is 0 Å². The van der Waals surface area contributed by atoms with Crippen LogP contribution in [0.5, 0.6) is 0 Å². The molecule has 9 aliphatic heterocycles. The van der Waals surface area contributed by atoms with Gasteiger partial charge in [-0.05, 0) is 210 Å². The fourth-order valence-electron chi connectivity index (χ4n) is 16.4. The van der Waals surface area contributed by atoms with E-state index >= 15 is 0 Å². The van der Waals surface area contributed by atoms with Gasteiger partial charge in [-0.1, -0.05) is 145 Å². The van der Waals surface area contributed by atoms with Crippen molar-refractivity contribution in [1.82, 2.24) is 34.7 Å². The van der Waals surface area contributed by atoms with Crippen LogP contribution in [0.3, 0.4) is 0 Å². The van der Waals surface area contributed by atoms with Crippen molar-refractivity contribution in [2.45, 2.75) is 147 Å². The van der Waals surface area contributed by atoms with Crippen LogP contribution < -0.4 is 5.32 Å². The minimum atomic E-state index is -0.423. The van der Waals surface area contributed by atoms with E-state index in [1.54, 1.807) is 30.3 Å². The lowest BCUT2D eigenvalue weighted by atomic mass is 9.71. The maximum absolute atomic E-state index is 13.7. The Morgan fingerprint density at radius 1 is 0.432 bits per heavy atom. The van der Waals surface area contributed by atoms with Crippen molar-refractivity contribution >= 4 is 98.1 Å². The Bertz CT molecular complexity index is 3170. The van der Waals surface area contributed by atoms with Crippen LogP contribution in [0.1, 0.15) is 100 Å². The van der Waals surface area contributed by atoms with Crippen LogP contribution in [0.2, 0.25) is 30.1 Å². The number of hydrogen-bond acceptors (Lipinski definition) is 12. The van der Waals surface area contributed by atoms with Crippen molar-refractivity contribution in [2.75, 3.05) is 105 Å². The highest BCUT2D eigenvalue weighted by atomic mass is 35.5. The third-order valence-corrected chi connectivity index (χ3v) is 22.0. The summed E-state index contributed by atoms with van der Waals surface area (Å²) in [6.07, 6.45) is 12.2. The van der Waals surface area contributed by atoms with Gasteiger partial charge in [0.25, 0.3) is 0 Å². The van der Waals surface area contributed by atoms with Crippen LogP contribution in [-0.4, -0.2) is 194 Å². The predicted molar refractivity (Wildman–Crippen MR) is 389 cm³/mol.